The van der Waals surface area contributed by atoms with E-state index in [4.69, 9.17) is 0 Å². The van der Waals surface area contributed by atoms with Gasteiger partial charge >= 0.3 is 0 Å². The molecule has 1 aliphatic rings. The third-order valence-corrected chi connectivity index (χ3v) is 5.62. The van der Waals surface area contributed by atoms with E-state index in [0.717, 1.165) is 11.5 Å². The number of hydrogen-bond donors (Lipinski definition) is 1. The fourth-order valence-electron chi connectivity index (χ4n) is 2.67. The van der Waals surface area contributed by atoms with E-state index in [1.165, 1.54) is 0 Å². The molecule has 9 heteroatoms. The van der Waals surface area contributed by atoms with E-state index in [1.54, 1.807) is 4.68 Å². The molecule has 1 atom stereocenters. The van der Waals surface area contributed by atoms with Crippen molar-refractivity contribution in [3.63, 3.8) is 0 Å². The Kier molecular flexibility index (Phi) is 7.97. The maximum atomic E-state index is 11.6. The van der Waals surface area contributed by atoms with Crippen LogP contribution in [0.25, 0.3) is 0 Å². The Balaban J connectivity index is 0.00000288. The van der Waals surface area contributed by atoms with Crippen LogP contribution in [0, 0.1) is 5.92 Å². The zero-order valence-corrected chi connectivity index (χ0v) is 17.9. The third kappa shape index (κ3) is 6.58. The van der Waals surface area contributed by atoms with Gasteiger partial charge in [0.25, 0.3) is 0 Å². The normalized spacial score (nSPS) is 20.0. The number of guanidine groups is 1. The van der Waals surface area contributed by atoms with Crippen molar-refractivity contribution in [2.75, 3.05) is 25.1 Å². The largest absolute Gasteiger partial charge is 0.354 e. The molecule has 1 unspecified atom stereocenters. The van der Waals surface area contributed by atoms with E-state index in [1.807, 2.05) is 31.4 Å². The first-order valence-corrected chi connectivity index (χ1v) is 9.77. The highest BCUT2D eigenvalue weighted by molar-refractivity contribution is 14.0. The molecule has 0 amide bonds. The molecule has 0 spiro atoms. The lowest BCUT2D eigenvalue weighted by molar-refractivity contribution is 0.462. The zero-order chi connectivity index (χ0) is 17.0. The predicted octanol–water partition coefficient (Wildman–Crippen LogP) is 1.26. The second-order valence-electron chi connectivity index (χ2n) is 6.61. The molecule has 1 fully saturated rings. The number of sulfone groups is 1. The van der Waals surface area contributed by atoms with Crippen LogP contribution in [0.15, 0.2) is 17.4 Å². The van der Waals surface area contributed by atoms with E-state index in [2.05, 4.69) is 29.3 Å². The minimum absolute atomic E-state index is 0. The highest BCUT2D eigenvalue weighted by Crippen LogP contribution is 2.18. The number of halogens is 1. The Hall–Kier alpha value is -0.840. The van der Waals surface area contributed by atoms with Gasteiger partial charge in [0.1, 0.15) is 0 Å². The van der Waals surface area contributed by atoms with Gasteiger partial charge in [0, 0.05) is 45.0 Å². The molecular weight excluding hydrogens is 441 g/mol. The van der Waals surface area contributed by atoms with Crippen molar-refractivity contribution in [2.24, 2.45) is 18.0 Å². The lowest BCUT2D eigenvalue weighted by atomic mass is 10.1. The van der Waals surface area contributed by atoms with E-state index >= 15 is 0 Å². The second-order valence-corrected chi connectivity index (χ2v) is 8.84. The summed E-state index contributed by atoms with van der Waals surface area (Å²) in [5, 5.41) is 7.53. The van der Waals surface area contributed by atoms with Crippen LogP contribution in [0.2, 0.25) is 0 Å². The first kappa shape index (κ1) is 21.2. The number of aromatic nitrogens is 2. The molecule has 1 aromatic heterocycles. The summed E-state index contributed by atoms with van der Waals surface area (Å²) in [5.41, 5.74) is 1.11. The number of aryl methyl sites for hydroxylation is 1. The van der Waals surface area contributed by atoms with Crippen LogP contribution in [-0.2, 0) is 23.4 Å². The Labute approximate surface area is 161 Å². The fraction of sp³-hybridized carbons (Fsp3) is 0.733. The Morgan fingerprint density at radius 3 is 2.75 bits per heavy atom. The quantitative estimate of drug-likeness (QED) is 0.399. The van der Waals surface area contributed by atoms with Crippen LogP contribution in [0.1, 0.15) is 25.8 Å². The van der Waals surface area contributed by atoms with Gasteiger partial charge in [-0.2, -0.15) is 5.10 Å². The summed E-state index contributed by atoms with van der Waals surface area (Å²) in [6.07, 6.45) is 4.53. The van der Waals surface area contributed by atoms with Crippen molar-refractivity contribution in [3.05, 3.63) is 18.0 Å². The van der Waals surface area contributed by atoms with Gasteiger partial charge in [-0.3, -0.25) is 9.67 Å². The second kappa shape index (κ2) is 9.02. The number of aliphatic imine (C=N–C) groups is 1. The summed E-state index contributed by atoms with van der Waals surface area (Å²) < 4.78 is 24.9. The summed E-state index contributed by atoms with van der Waals surface area (Å²) in [7, 11) is 1.03. The van der Waals surface area contributed by atoms with Crippen LogP contribution in [0.4, 0.5) is 0 Å². The average Bonchev–Trinajstić information content (AvgIpc) is 2.99. The number of hydrogen-bond acceptors (Lipinski definition) is 4. The summed E-state index contributed by atoms with van der Waals surface area (Å²) in [4.78, 5) is 6.70. The molecule has 1 saturated heterocycles. The summed E-state index contributed by atoms with van der Waals surface area (Å²) in [6.45, 7) is 5.38. The molecule has 2 heterocycles. The molecule has 0 aliphatic carbocycles. The van der Waals surface area contributed by atoms with Crippen molar-refractivity contribution < 1.29 is 8.42 Å². The molecule has 1 N–H and O–H groups in total. The van der Waals surface area contributed by atoms with E-state index in [9.17, 15) is 8.42 Å². The first-order chi connectivity index (χ1) is 10.7. The van der Waals surface area contributed by atoms with Gasteiger partial charge in [0.05, 0.1) is 17.7 Å². The molecule has 138 valence electrons. The Morgan fingerprint density at radius 1 is 1.54 bits per heavy atom. The van der Waals surface area contributed by atoms with E-state index in [0.29, 0.717) is 25.3 Å². The van der Waals surface area contributed by atoms with Crippen molar-refractivity contribution in [1.29, 1.82) is 0 Å². The standard InChI is InChI=1S/C15H27N5O2S.HI/c1-12(2)18-15(16-7-13-5-6-23(21,22)11-13)19(3)9-14-8-17-20(4)10-14;/h8,10,12-13H,5-7,9,11H2,1-4H3,(H,16,18);1H. The number of nitrogens with zero attached hydrogens (tertiary/aromatic N) is 4. The molecule has 0 radical (unpaired) electrons. The van der Waals surface area contributed by atoms with Gasteiger partial charge < -0.3 is 10.2 Å². The maximum Gasteiger partial charge on any atom is 0.194 e. The highest BCUT2D eigenvalue weighted by Gasteiger charge is 2.27. The highest BCUT2D eigenvalue weighted by atomic mass is 127. The number of nitrogens with one attached hydrogen (secondary N) is 1. The van der Waals surface area contributed by atoms with Crippen LogP contribution in [0.5, 0.6) is 0 Å². The van der Waals surface area contributed by atoms with Crippen molar-refractivity contribution in [2.45, 2.75) is 32.9 Å². The lowest BCUT2D eigenvalue weighted by Crippen LogP contribution is -2.42. The van der Waals surface area contributed by atoms with Gasteiger partial charge in [-0.1, -0.05) is 0 Å². The maximum absolute atomic E-state index is 11.6. The summed E-state index contributed by atoms with van der Waals surface area (Å²) in [6, 6.07) is 0.261. The third-order valence-electron chi connectivity index (χ3n) is 3.78. The van der Waals surface area contributed by atoms with Crippen molar-refractivity contribution >= 4 is 39.8 Å². The van der Waals surface area contributed by atoms with Crippen LogP contribution in [-0.4, -0.2) is 60.2 Å². The molecule has 1 aliphatic heterocycles. The molecular formula is C15H28IN5O2S. The van der Waals surface area contributed by atoms with Crippen molar-refractivity contribution in [1.82, 2.24) is 20.0 Å². The molecule has 0 aromatic carbocycles. The number of rotatable bonds is 5. The monoisotopic (exact) mass is 469 g/mol. The Bertz CT molecular complexity index is 657. The Morgan fingerprint density at radius 2 is 2.25 bits per heavy atom. The lowest BCUT2D eigenvalue weighted by Gasteiger charge is -2.24. The minimum atomic E-state index is -2.85. The van der Waals surface area contributed by atoms with Crippen LogP contribution >= 0.6 is 24.0 Å². The van der Waals surface area contributed by atoms with Crippen molar-refractivity contribution in [3.8, 4) is 0 Å². The minimum Gasteiger partial charge on any atom is -0.354 e. The molecule has 24 heavy (non-hydrogen) atoms. The topological polar surface area (TPSA) is 79.6 Å². The van der Waals surface area contributed by atoms with Gasteiger partial charge in [-0.25, -0.2) is 8.42 Å². The molecule has 0 bridgehead atoms. The SMILES string of the molecule is CC(C)NC(=NCC1CCS(=O)(=O)C1)N(C)Cc1cnn(C)c1.I. The van der Waals surface area contributed by atoms with Gasteiger partial charge in [0.2, 0.25) is 0 Å². The first-order valence-electron chi connectivity index (χ1n) is 7.95. The van der Waals surface area contributed by atoms with Gasteiger partial charge in [-0.05, 0) is 26.2 Å². The molecule has 1 aromatic rings. The van der Waals surface area contributed by atoms with E-state index in [-0.39, 0.29) is 41.7 Å². The smallest absolute Gasteiger partial charge is 0.194 e. The summed E-state index contributed by atoms with van der Waals surface area (Å²) in [5.74, 6) is 1.49. The van der Waals surface area contributed by atoms with Gasteiger partial charge in [0.15, 0.2) is 15.8 Å². The predicted molar refractivity (Wildman–Crippen MR) is 107 cm³/mol. The fourth-order valence-corrected chi connectivity index (χ4v) is 4.52. The molecule has 0 saturated carbocycles. The summed E-state index contributed by atoms with van der Waals surface area (Å²) >= 11 is 0. The van der Waals surface area contributed by atoms with E-state index < -0.39 is 9.84 Å². The zero-order valence-electron chi connectivity index (χ0n) is 14.8. The molecule has 7 nitrogen and oxygen atoms in total. The van der Waals surface area contributed by atoms with Crippen LogP contribution in [0.3, 0.4) is 0 Å². The van der Waals surface area contributed by atoms with Crippen LogP contribution < -0.4 is 5.32 Å². The molecule has 2 rings (SSSR count). The van der Waals surface area contributed by atoms with Gasteiger partial charge in [-0.15, -0.1) is 24.0 Å². The average molecular weight is 469 g/mol.